The van der Waals surface area contributed by atoms with Crippen LogP contribution in [-0.2, 0) is 0 Å². The molecule has 0 saturated carbocycles. The molecule has 0 radical (unpaired) electrons. The lowest BCUT2D eigenvalue weighted by Gasteiger charge is -2.12. The zero-order chi connectivity index (χ0) is 42.4. The van der Waals surface area contributed by atoms with Gasteiger partial charge in [0.2, 0.25) is 0 Å². The molecule has 0 spiro atoms. The standard InChI is InChI=1S/C58H36N6/c1-3-11-45-33-47(29-23-37(45)9-1)57-61-51(35-53(63-57)49-17-5-13-43-15-7-31-59-55(43)49)41-25-19-39(20-26-41)40-21-27-42(28-22-40)52-36-54(50-18-6-14-44-16-8-32-60-56(44)50)64-58(62-52)48-30-24-38-10-2-4-12-46(38)34-48/h1-36H. The first-order valence-corrected chi connectivity index (χ1v) is 21.3. The Morgan fingerprint density at radius 3 is 1.05 bits per heavy atom. The van der Waals surface area contributed by atoms with Crippen LogP contribution in [0, 0.1) is 0 Å². The van der Waals surface area contributed by atoms with E-state index in [0.717, 1.165) is 99.9 Å². The number of benzene rings is 8. The van der Waals surface area contributed by atoms with E-state index >= 15 is 0 Å². The number of hydrogen-bond donors (Lipinski definition) is 0. The van der Waals surface area contributed by atoms with Gasteiger partial charge >= 0.3 is 0 Å². The summed E-state index contributed by atoms with van der Waals surface area (Å²) >= 11 is 0. The van der Waals surface area contributed by atoms with E-state index in [0.29, 0.717) is 11.6 Å². The zero-order valence-electron chi connectivity index (χ0n) is 34.5. The summed E-state index contributed by atoms with van der Waals surface area (Å²) in [6, 6.07) is 71.5. The van der Waals surface area contributed by atoms with Crippen LogP contribution in [-0.4, -0.2) is 29.9 Å². The Kier molecular flexibility index (Phi) is 9.05. The van der Waals surface area contributed by atoms with Gasteiger partial charge in [0, 0.05) is 56.5 Å². The van der Waals surface area contributed by atoms with Crippen LogP contribution in [0.4, 0.5) is 0 Å². The molecule has 0 aliphatic rings. The van der Waals surface area contributed by atoms with Crippen molar-refractivity contribution in [1.29, 1.82) is 0 Å². The van der Waals surface area contributed by atoms with E-state index in [1.54, 1.807) is 0 Å². The number of para-hydroxylation sites is 2. The van der Waals surface area contributed by atoms with Crippen molar-refractivity contribution in [1.82, 2.24) is 29.9 Å². The van der Waals surface area contributed by atoms with E-state index in [4.69, 9.17) is 29.9 Å². The van der Waals surface area contributed by atoms with Crippen molar-refractivity contribution in [3.63, 3.8) is 0 Å². The van der Waals surface area contributed by atoms with Crippen molar-refractivity contribution >= 4 is 43.4 Å². The molecular weight excluding hydrogens is 781 g/mol. The van der Waals surface area contributed by atoms with Gasteiger partial charge in [-0.3, -0.25) is 9.97 Å². The Hall–Kier alpha value is -8.74. The third kappa shape index (κ3) is 6.89. The highest BCUT2D eigenvalue weighted by atomic mass is 14.9. The Bertz CT molecular complexity index is 3470. The molecule has 0 saturated heterocycles. The Morgan fingerprint density at radius 1 is 0.234 bits per heavy atom. The molecule has 0 unspecified atom stereocenters. The van der Waals surface area contributed by atoms with E-state index < -0.39 is 0 Å². The minimum absolute atomic E-state index is 0.666. The monoisotopic (exact) mass is 816 g/mol. The van der Waals surface area contributed by atoms with Crippen molar-refractivity contribution in [3.8, 4) is 78.9 Å². The first kappa shape index (κ1) is 37.1. The summed E-state index contributed by atoms with van der Waals surface area (Å²) in [5.41, 5.74) is 13.2. The molecule has 12 rings (SSSR count). The molecule has 4 heterocycles. The summed E-state index contributed by atoms with van der Waals surface area (Å²) in [6.45, 7) is 0. The van der Waals surface area contributed by atoms with Gasteiger partial charge in [0.05, 0.1) is 33.8 Å². The molecule has 6 heteroatoms. The first-order chi connectivity index (χ1) is 31.7. The van der Waals surface area contributed by atoms with E-state index in [1.807, 2.05) is 24.5 Å². The lowest BCUT2D eigenvalue weighted by atomic mass is 9.99. The summed E-state index contributed by atoms with van der Waals surface area (Å²) in [7, 11) is 0. The highest BCUT2D eigenvalue weighted by Crippen LogP contribution is 2.35. The average Bonchev–Trinajstić information content (AvgIpc) is 3.38. The quantitative estimate of drug-likeness (QED) is 0.159. The molecule has 8 aromatic carbocycles. The number of rotatable bonds is 7. The minimum Gasteiger partial charge on any atom is -0.256 e. The Labute approximate surface area is 369 Å². The summed E-state index contributed by atoms with van der Waals surface area (Å²) < 4.78 is 0. The van der Waals surface area contributed by atoms with Crippen LogP contribution in [0.2, 0.25) is 0 Å². The Morgan fingerprint density at radius 2 is 0.594 bits per heavy atom. The van der Waals surface area contributed by atoms with Gasteiger partial charge in [-0.25, -0.2) is 19.9 Å². The second-order valence-corrected chi connectivity index (χ2v) is 16.0. The highest BCUT2D eigenvalue weighted by molar-refractivity contribution is 5.95. The molecule has 0 amide bonds. The summed E-state index contributed by atoms with van der Waals surface area (Å²) in [4.78, 5) is 30.2. The molecule has 0 fully saturated rings. The van der Waals surface area contributed by atoms with Crippen molar-refractivity contribution in [2.45, 2.75) is 0 Å². The number of pyridine rings is 2. The lowest BCUT2D eigenvalue weighted by molar-refractivity contribution is 1.18. The van der Waals surface area contributed by atoms with Crippen LogP contribution in [0.1, 0.15) is 0 Å². The summed E-state index contributed by atoms with van der Waals surface area (Å²) in [5, 5.41) is 6.77. The summed E-state index contributed by atoms with van der Waals surface area (Å²) in [5.74, 6) is 1.33. The second-order valence-electron chi connectivity index (χ2n) is 16.0. The fourth-order valence-electron chi connectivity index (χ4n) is 8.67. The number of hydrogen-bond acceptors (Lipinski definition) is 6. The van der Waals surface area contributed by atoms with E-state index in [2.05, 4.69) is 194 Å². The summed E-state index contributed by atoms with van der Waals surface area (Å²) in [6.07, 6.45) is 3.67. The minimum atomic E-state index is 0.666. The van der Waals surface area contributed by atoms with Gasteiger partial charge in [-0.05, 0) is 69.1 Å². The molecule has 6 nitrogen and oxygen atoms in total. The molecule has 4 aromatic heterocycles. The molecule has 0 aliphatic heterocycles. The molecular formula is C58H36N6. The third-order valence-electron chi connectivity index (χ3n) is 12.0. The van der Waals surface area contributed by atoms with Gasteiger partial charge in [-0.1, -0.05) is 170 Å². The van der Waals surface area contributed by atoms with Gasteiger partial charge in [-0.15, -0.1) is 0 Å². The van der Waals surface area contributed by atoms with Crippen molar-refractivity contribution < 1.29 is 0 Å². The van der Waals surface area contributed by atoms with Gasteiger partial charge in [-0.2, -0.15) is 0 Å². The van der Waals surface area contributed by atoms with Gasteiger partial charge < -0.3 is 0 Å². The van der Waals surface area contributed by atoms with Crippen LogP contribution >= 0.6 is 0 Å². The first-order valence-electron chi connectivity index (χ1n) is 21.3. The maximum atomic E-state index is 5.18. The molecule has 0 atom stereocenters. The van der Waals surface area contributed by atoms with Crippen molar-refractivity contribution in [2.24, 2.45) is 0 Å². The molecule has 0 bridgehead atoms. The zero-order valence-corrected chi connectivity index (χ0v) is 34.5. The van der Waals surface area contributed by atoms with Crippen molar-refractivity contribution in [2.75, 3.05) is 0 Å². The van der Waals surface area contributed by atoms with Crippen LogP contribution in [0.15, 0.2) is 219 Å². The van der Waals surface area contributed by atoms with Crippen LogP contribution in [0.3, 0.4) is 0 Å². The predicted octanol–water partition coefficient (Wildman–Crippen LogP) is 14.3. The normalized spacial score (nSPS) is 11.4. The van der Waals surface area contributed by atoms with E-state index in [1.165, 1.54) is 10.8 Å². The van der Waals surface area contributed by atoms with Crippen LogP contribution in [0.5, 0.6) is 0 Å². The van der Waals surface area contributed by atoms with Gasteiger partial charge in [0.25, 0.3) is 0 Å². The maximum Gasteiger partial charge on any atom is 0.160 e. The number of aromatic nitrogens is 6. The fourth-order valence-corrected chi connectivity index (χ4v) is 8.67. The lowest BCUT2D eigenvalue weighted by Crippen LogP contribution is -1.97. The molecule has 0 N–H and O–H groups in total. The van der Waals surface area contributed by atoms with Gasteiger partial charge in [0.15, 0.2) is 11.6 Å². The average molecular weight is 817 g/mol. The fraction of sp³-hybridized carbons (Fsp3) is 0. The molecule has 0 aliphatic carbocycles. The SMILES string of the molecule is c1ccc2cc(-c3nc(-c4ccc(-c5ccc(-c6cc(-c7cccc8cccnc78)nc(-c7ccc8ccccc8c7)n6)cc5)cc4)cc(-c4cccc5cccnc45)n3)ccc2c1. The smallest absolute Gasteiger partial charge is 0.160 e. The van der Waals surface area contributed by atoms with Crippen LogP contribution in [0.25, 0.3) is 122 Å². The van der Waals surface area contributed by atoms with E-state index in [9.17, 15) is 0 Å². The van der Waals surface area contributed by atoms with Gasteiger partial charge in [0.1, 0.15) is 0 Å². The number of fused-ring (bicyclic) bond motifs is 4. The van der Waals surface area contributed by atoms with E-state index in [-0.39, 0.29) is 0 Å². The topological polar surface area (TPSA) is 77.3 Å². The Balaban J connectivity index is 0.910. The molecule has 298 valence electrons. The maximum absolute atomic E-state index is 5.18. The molecule has 64 heavy (non-hydrogen) atoms. The number of nitrogens with zero attached hydrogens (tertiary/aromatic N) is 6. The second kappa shape index (κ2) is 15.6. The largest absolute Gasteiger partial charge is 0.256 e. The third-order valence-corrected chi connectivity index (χ3v) is 12.0. The van der Waals surface area contributed by atoms with Crippen LogP contribution < -0.4 is 0 Å². The predicted molar refractivity (Wildman–Crippen MR) is 261 cm³/mol. The van der Waals surface area contributed by atoms with Crippen molar-refractivity contribution in [3.05, 3.63) is 219 Å². The molecule has 12 aromatic rings. The highest BCUT2D eigenvalue weighted by Gasteiger charge is 2.16.